The second kappa shape index (κ2) is 7.90. The maximum absolute atomic E-state index is 11.3. The summed E-state index contributed by atoms with van der Waals surface area (Å²) in [4.78, 5) is 11.3. The van der Waals surface area contributed by atoms with Crippen molar-refractivity contribution in [3.05, 3.63) is 29.3 Å². The highest BCUT2D eigenvalue weighted by molar-refractivity contribution is 5.77. The van der Waals surface area contributed by atoms with Crippen LogP contribution in [-0.2, 0) is 11.3 Å². The summed E-state index contributed by atoms with van der Waals surface area (Å²) in [6, 6.07) is 6.02. The maximum atomic E-state index is 11.3. The van der Waals surface area contributed by atoms with Crippen molar-refractivity contribution >= 4 is 5.91 Å². The highest BCUT2D eigenvalue weighted by Gasteiger charge is 2.11. The minimum Gasteiger partial charge on any atom is -0.490 e. The van der Waals surface area contributed by atoms with Gasteiger partial charge in [0.15, 0.2) is 0 Å². The van der Waals surface area contributed by atoms with Crippen LogP contribution < -0.4 is 15.8 Å². The molecule has 0 bridgehead atoms. The van der Waals surface area contributed by atoms with E-state index in [-0.39, 0.29) is 18.6 Å². The SMILES string of the molecule is Cc1ccc(CNC(=O)CN)c(OC(C)CC(C)C)c1. The molecule has 0 aliphatic rings. The first-order chi connectivity index (χ1) is 9.42. The van der Waals surface area contributed by atoms with Gasteiger partial charge in [0.2, 0.25) is 5.91 Å². The molecule has 1 aromatic carbocycles. The molecule has 4 nitrogen and oxygen atoms in total. The summed E-state index contributed by atoms with van der Waals surface area (Å²) in [6.07, 6.45) is 1.16. The van der Waals surface area contributed by atoms with Gasteiger partial charge in [-0.1, -0.05) is 26.0 Å². The monoisotopic (exact) mass is 278 g/mol. The van der Waals surface area contributed by atoms with Crippen LogP contribution in [0, 0.1) is 12.8 Å². The summed E-state index contributed by atoms with van der Waals surface area (Å²) in [5.41, 5.74) is 7.41. The second-order valence-electron chi connectivity index (χ2n) is 5.65. The standard InChI is InChI=1S/C16H26N2O2/c1-11(2)7-13(4)20-15-8-12(3)5-6-14(15)10-18-16(19)9-17/h5-6,8,11,13H,7,9-10,17H2,1-4H3,(H,18,19). The van der Waals surface area contributed by atoms with E-state index in [1.165, 1.54) is 0 Å². The number of carbonyl (C=O) groups excluding carboxylic acids is 1. The summed E-state index contributed by atoms with van der Waals surface area (Å²) in [5.74, 6) is 1.28. The van der Waals surface area contributed by atoms with Crippen molar-refractivity contribution in [1.29, 1.82) is 0 Å². The zero-order valence-electron chi connectivity index (χ0n) is 12.9. The average molecular weight is 278 g/mol. The van der Waals surface area contributed by atoms with Gasteiger partial charge < -0.3 is 15.8 Å². The van der Waals surface area contributed by atoms with E-state index in [9.17, 15) is 4.79 Å². The van der Waals surface area contributed by atoms with E-state index in [0.29, 0.717) is 12.5 Å². The molecule has 0 saturated carbocycles. The third-order valence-electron chi connectivity index (χ3n) is 3.02. The second-order valence-corrected chi connectivity index (χ2v) is 5.65. The van der Waals surface area contributed by atoms with Gasteiger partial charge in [-0.3, -0.25) is 4.79 Å². The molecule has 1 amide bonds. The molecule has 0 aliphatic carbocycles. The highest BCUT2D eigenvalue weighted by atomic mass is 16.5. The fourth-order valence-corrected chi connectivity index (χ4v) is 2.11. The van der Waals surface area contributed by atoms with Crippen molar-refractivity contribution < 1.29 is 9.53 Å². The van der Waals surface area contributed by atoms with Gasteiger partial charge in [0.05, 0.1) is 12.6 Å². The molecule has 1 aromatic rings. The Morgan fingerprint density at radius 3 is 2.65 bits per heavy atom. The van der Waals surface area contributed by atoms with Crippen LogP contribution in [0.1, 0.15) is 38.3 Å². The summed E-state index contributed by atoms with van der Waals surface area (Å²) in [6.45, 7) is 8.91. The van der Waals surface area contributed by atoms with Gasteiger partial charge in [-0.05, 0) is 37.8 Å². The quantitative estimate of drug-likeness (QED) is 0.805. The van der Waals surface area contributed by atoms with Crippen LogP contribution in [0.25, 0.3) is 0 Å². The van der Waals surface area contributed by atoms with Gasteiger partial charge in [-0.2, -0.15) is 0 Å². The van der Waals surface area contributed by atoms with Crippen molar-refractivity contribution in [3.8, 4) is 5.75 Å². The zero-order chi connectivity index (χ0) is 15.1. The molecule has 1 unspecified atom stereocenters. The zero-order valence-corrected chi connectivity index (χ0v) is 12.9. The van der Waals surface area contributed by atoms with Gasteiger partial charge in [-0.15, -0.1) is 0 Å². The average Bonchev–Trinajstić information content (AvgIpc) is 2.36. The molecule has 1 atom stereocenters. The molecule has 4 heteroatoms. The number of aryl methyl sites for hydroxylation is 1. The van der Waals surface area contributed by atoms with Gasteiger partial charge in [0.1, 0.15) is 5.75 Å². The van der Waals surface area contributed by atoms with Crippen LogP contribution in [0.15, 0.2) is 18.2 Å². The number of rotatable bonds is 7. The lowest BCUT2D eigenvalue weighted by Gasteiger charge is -2.19. The number of ether oxygens (including phenoxy) is 1. The third kappa shape index (κ3) is 5.61. The number of nitrogens with two attached hydrogens (primary N) is 1. The number of nitrogens with one attached hydrogen (secondary N) is 1. The first-order valence-electron chi connectivity index (χ1n) is 7.15. The molecule has 3 N–H and O–H groups in total. The Balaban J connectivity index is 2.76. The highest BCUT2D eigenvalue weighted by Crippen LogP contribution is 2.23. The lowest BCUT2D eigenvalue weighted by atomic mass is 10.1. The summed E-state index contributed by atoms with van der Waals surface area (Å²) in [5, 5.41) is 2.78. The number of carbonyl (C=O) groups is 1. The molecule has 0 saturated heterocycles. The van der Waals surface area contributed by atoms with Crippen LogP contribution in [0.5, 0.6) is 5.75 Å². The first kappa shape index (κ1) is 16.5. The lowest BCUT2D eigenvalue weighted by Crippen LogP contribution is -2.30. The predicted octanol–water partition coefficient (Wildman–Crippen LogP) is 2.38. The fourth-order valence-electron chi connectivity index (χ4n) is 2.11. The molecule has 1 rings (SSSR count). The summed E-state index contributed by atoms with van der Waals surface area (Å²) >= 11 is 0. The van der Waals surface area contributed by atoms with Crippen molar-refractivity contribution in [3.63, 3.8) is 0 Å². The van der Waals surface area contributed by atoms with Gasteiger partial charge in [-0.25, -0.2) is 0 Å². The van der Waals surface area contributed by atoms with Crippen LogP contribution in [0.3, 0.4) is 0 Å². The molecular formula is C16H26N2O2. The lowest BCUT2D eigenvalue weighted by molar-refractivity contribution is -0.119. The molecule has 0 heterocycles. The van der Waals surface area contributed by atoms with Crippen LogP contribution in [0.2, 0.25) is 0 Å². The van der Waals surface area contributed by atoms with E-state index in [0.717, 1.165) is 23.3 Å². The molecule has 0 spiro atoms. The van der Waals surface area contributed by atoms with Crippen LogP contribution in [-0.4, -0.2) is 18.6 Å². The molecule has 0 aliphatic heterocycles. The van der Waals surface area contributed by atoms with Crippen molar-refractivity contribution in [1.82, 2.24) is 5.32 Å². The van der Waals surface area contributed by atoms with E-state index >= 15 is 0 Å². The first-order valence-corrected chi connectivity index (χ1v) is 7.15. The third-order valence-corrected chi connectivity index (χ3v) is 3.02. The Bertz CT molecular complexity index is 444. The normalized spacial score (nSPS) is 12.3. The van der Waals surface area contributed by atoms with E-state index in [2.05, 4.69) is 26.1 Å². The van der Waals surface area contributed by atoms with Gasteiger partial charge in [0.25, 0.3) is 0 Å². The van der Waals surface area contributed by atoms with Gasteiger partial charge in [0, 0.05) is 12.1 Å². The number of amides is 1. The van der Waals surface area contributed by atoms with Crippen LogP contribution >= 0.6 is 0 Å². The van der Waals surface area contributed by atoms with Crippen molar-refractivity contribution in [2.75, 3.05) is 6.54 Å². The molecular weight excluding hydrogens is 252 g/mol. The van der Waals surface area contributed by atoms with E-state index < -0.39 is 0 Å². The largest absolute Gasteiger partial charge is 0.490 e. The van der Waals surface area contributed by atoms with Gasteiger partial charge >= 0.3 is 0 Å². The Morgan fingerprint density at radius 1 is 1.35 bits per heavy atom. The molecule has 0 fully saturated rings. The number of hydrogen-bond acceptors (Lipinski definition) is 3. The maximum Gasteiger partial charge on any atom is 0.234 e. The molecule has 112 valence electrons. The smallest absolute Gasteiger partial charge is 0.234 e. The summed E-state index contributed by atoms with van der Waals surface area (Å²) in [7, 11) is 0. The molecule has 0 aromatic heterocycles. The minimum absolute atomic E-state index is 0.00576. The van der Waals surface area contributed by atoms with E-state index in [1.807, 2.05) is 25.1 Å². The molecule has 20 heavy (non-hydrogen) atoms. The van der Waals surface area contributed by atoms with Crippen LogP contribution in [0.4, 0.5) is 0 Å². The Kier molecular flexibility index (Phi) is 6.52. The number of benzene rings is 1. The Morgan fingerprint density at radius 2 is 2.05 bits per heavy atom. The minimum atomic E-state index is -0.160. The van der Waals surface area contributed by atoms with Crippen molar-refractivity contribution in [2.45, 2.75) is 46.8 Å². The fraction of sp³-hybridized carbons (Fsp3) is 0.562. The van der Waals surface area contributed by atoms with E-state index in [4.69, 9.17) is 10.5 Å². The van der Waals surface area contributed by atoms with Crippen molar-refractivity contribution in [2.24, 2.45) is 11.7 Å². The molecule has 0 radical (unpaired) electrons. The Labute approximate surface area is 121 Å². The summed E-state index contributed by atoms with van der Waals surface area (Å²) < 4.78 is 6.02. The van der Waals surface area contributed by atoms with E-state index in [1.54, 1.807) is 0 Å². The number of hydrogen-bond donors (Lipinski definition) is 2. The predicted molar refractivity (Wildman–Crippen MR) is 81.6 cm³/mol. The topological polar surface area (TPSA) is 64.4 Å². The Hall–Kier alpha value is -1.55.